The van der Waals surface area contributed by atoms with Crippen molar-refractivity contribution in [3.05, 3.63) is 53.4 Å². The average Bonchev–Trinajstić information content (AvgIpc) is 2.92. The van der Waals surface area contributed by atoms with E-state index in [0.29, 0.717) is 25.9 Å². The molecule has 2 aromatic rings. The van der Waals surface area contributed by atoms with Crippen LogP contribution < -0.4 is 14.4 Å². The van der Waals surface area contributed by atoms with Crippen molar-refractivity contribution < 1.29 is 31.4 Å². The van der Waals surface area contributed by atoms with Crippen LogP contribution in [0.25, 0.3) is 0 Å². The minimum atomic E-state index is -2.18. The number of nitrogens with zero attached hydrogens (tertiary/aromatic N) is 3. The molecule has 2 heterocycles. The highest BCUT2D eigenvalue weighted by Gasteiger charge is 2.30. The molecule has 4 rings (SSSR count). The number of unbranched alkanes of at least 4 members (excludes halogenated alkanes) is 1. The van der Waals surface area contributed by atoms with Crippen LogP contribution in [0.15, 0.2) is 24.3 Å². The maximum absolute atomic E-state index is 13.9. The number of hydrogen-bond acceptors (Lipinski definition) is 5. The molecule has 2 aliphatic heterocycles. The summed E-state index contributed by atoms with van der Waals surface area (Å²) in [6.45, 7) is 7.14. The zero-order chi connectivity index (χ0) is 25.7. The molecule has 0 aromatic heterocycles. The zero-order valence-electron chi connectivity index (χ0n) is 20.4. The molecular weight excluding hydrogens is 481 g/mol. The lowest BCUT2D eigenvalue weighted by Gasteiger charge is -2.37. The standard InChI is InChI=1S/C26H32F5N3O2/c1-35-20-7-3-2-6-19(20)34-16-14-33(15-17-34)11-5-4-10-32-12-8-18(9-13-32)36-26-24(30)22(28)21(27)23(29)25(26)31/h2-3,6-7,18H,4-5,8-17H2,1H3. The van der Waals surface area contributed by atoms with Gasteiger partial charge in [-0.1, -0.05) is 12.1 Å². The lowest BCUT2D eigenvalue weighted by atomic mass is 10.1. The van der Waals surface area contributed by atoms with Crippen molar-refractivity contribution in [2.45, 2.75) is 31.8 Å². The number of para-hydroxylation sites is 2. The third kappa shape index (κ3) is 6.03. The molecule has 2 saturated heterocycles. The molecule has 2 aliphatic rings. The van der Waals surface area contributed by atoms with Crippen molar-refractivity contribution in [3.8, 4) is 11.5 Å². The third-order valence-corrected chi connectivity index (χ3v) is 6.99. The van der Waals surface area contributed by atoms with Crippen molar-refractivity contribution >= 4 is 5.69 Å². The highest BCUT2D eigenvalue weighted by atomic mass is 19.2. The lowest BCUT2D eigenvalue weighted by Crippen LogP contribution is -2.46. The largest absolute Gasteiger partial charge is 0.495 e. The van der Waals surface area contributed by atoms with Gasteiger partial charge in [-0.2, -0.15) is 8.78 Å². The number of anilines is 1. The number of ether oxygens (including phenoxy) is 2. The predicted octanol–water partition coefficient (Wildman–Crippen LogP) is 4.84. The quantitative estimate of drug-likeness (QED) is 0.207. The number of piperazine rings is 1. The van der Waals surface area contributed by atoms with Crippen LogP contribution in [-0.2, 0) is 0 Å². The summed E-state index contributed by atoms with van der Waals surface area (Å²) in [6.07, 6.45) is 2.43. The van der Waals surface area contributed by atoms with E-state index in [-0.39, 0.29) is 0 Å². The number of likely N-dealkylation sites (tertiary alicyclic amines) is 1. The Labute approximate surface area is 208 Å². The van der Waals surface area contributed by atoms with Gasteiger partial charge < -0.3 is 19.3 Å². The molecule has 2 fully saturated rings. The summed E-state index contributed by atoms with van der Waals surface area (Å²) in [5, 5.41) is 0. The first-order valence-corrected chi connectivity index (χ1v) is 12.4. The van der Waals surface area contributed by atoms with Crippen LogP contribution in [0.3, 0.4) is 0 Å². The van der Waals surface area contributed by atoms with Crippen LogP contribution in [-0.4, -0.2) is 75.4 Å². The first-order chi connectivity index (χ1) is 17.4. The lowest BCUT2D eigenvalue weighted by molar-refractivity contribution is 0.0897. The Bertz CT molecular complexity index is 996. The molecule has 0 spiro atoms. The van der Waals surface area contributed by atoms with Gasteiger partial charge >= 0.3 is 0 Å². The normalized spacial score (nSPS) is 18.0. The van der Waals surface area contributed by atoms with Gasteiger partial charge in [-0.25, -0.2) is 13.2 Å². The van der Waals surface area contributed by atoms with Crippen LogP contribution in [0.2, 0.25) is 0 Å². The highest BCUT2D eigenvalue weighted by molar-refractivity contribution is 5.58. The fourth-order valence-electron chi connectivity index (χ4n) is 4.88. The first-order valence-electron chi connectivity index (χ1n) is 12.4. The second-order valence-electron chi connectivity index (χ2n) is 9.27. The molecule has 0 bridgehead atoms. The smallest absolute Gasteiger partial charge is 0.207 e. The molecule has 0 radical (unpaired) electrons. The van der Waals surface area contributed by atoms with Gasteiger partial charge in [0, 0.05) is 39.3 Å². The molecule has 0 unspecified atom stereocenters. The Hall–Kier alpha value is -2.59. The molecule has 0 amide bonds. The number of piperidine rings is 1. The fraction of sp³-hybridized carbons (Fsp3) is 0.538. The molecule has 10 heteroatoms. The maximum Gasteiger partial charge on any atom is 0.207 e. The van der Waals surface area contributed by atoms with E-state index in [9.17, 15) is 22.0 Å². The highest BCUT2D eigenvalue weighted by Crippen LogP contribution is 2.31. The monoisotopic (exact) mass is 513 g/mol. The number of benzene rings is 2. The summed E-state index contributed by atoms with van der Waals surface area (Å²) in [5.41, 5.74) is 1.13. The second-order valence-corrected chi connectivity index (χ2v) is 9.27. The summed E-state index contributed by atoms with van der Waals surface area (Å²) in [5.74, 6) is -10.3. The Kier molecular flexibility index (Phi) is 8.90. The van der Waals surface area contributed by atoms with Crippen LogP contribution in [0, 0.1) is 29.1 Å². The minimum Gasteiger partial charge on any atom is -0.495 e. The fourth-order valence-corrected chi connectivity index (χ4v) is 4.88. The van der Waals surface area contributed by atoms with E-state index in [1.807, 2.05) is 18.2 Å². The molecule has 0 saturated carbocycles. The van der Waals surface area contributed by atoms with Gasteiger partial charge in [0.25, 0.3) is 0 Å². The minimum absolute atomic E-state index is 0.463. The molecular formula is C26H32F5N3O2. The number of methoxy groups -OCH3 is 1. The van der Waals surface area contributed by atoms with E-state index in [1.165, 1.54) is 0 Å². The van der Waals surface area contributed by atoms with E-state index in [0.717, 1.165) is 63.5 Å². The van der Waals surface area contributed by atoms with Gasteiger partial charge in [-0.05, 0) is 50.9 Å². The van der Waals surface area contributed by atoms with Crippen molar-refractivity contribution in [1.29, 1.82) is 0 Å². The molecule has 0 aliphatic carbocycles. The summed E-state index contributed by atoms with van der Waals surface area (Å²) in [6, 6.07) is 8.07. The zero-order valence-corrected chi connectivity index (χ0v) is 20.4. The Morgan fingerprint density at radius 2 is 1.25 bits per heavy atom. The SMILES string of the molecule is COc1ccccc1N1CCN(CCCCN2CCC(Oc3c(F)c(F)c(F)c(F)c3F)CC2)CC1. The van der Waals surface area contributed by atoms with E-state index in [4.69, 9.17) is 9.47 Å². The summed E-state index contributed by atoms with van der Waals surface area (Å²) in [7, 11) is 1.69. The van der Waals surface area contributed by atoms with Gasteiger partial charge in [0.2, 0.25) is 29.1 Å². The predicted molar refractivity (Wildman–Crippen MR) is 127 cm³/mol. The van der Waals surface area contributed by atoms with Crippen LogP contribution in [0.4, 0.5) is 27.6 Å². The van der Waals surface area contributed by atoms with Crippen molar-refractivity contribution in [1.82, 2.24) is 9.80 Å². The van der Waals surface area contributed by atoms with Crippen LogP contribution >= 0.6 is 0 Å². The van der Waals surface area contributed by atoms with Gasteiger partial charge in [-0.3, -0.25) is 4.90 Å². The van der Waals surface area contributed by atoms with Crippen LogP contribution in [0.5, 0.6) is 11.5 Å². The molecule has 0 N–H and O–H groups in total. The molecule has 2 aromatic carbocycles. The second kappa shape index (κ2) is 12.1. The summed E-state index contributed by atoms with van der Waals surface area (Å²) >= 11 is 0. The molecule has 0 atom stereocenters. The molecule has 198 valence electrons. The van der Waals surface area contributed by atoms with Gasteiger partial charge in [0.15, 0.2) is 5.75 Å². The molecule has 5 nitrogen and oxygen atoms in total. The maximum atomic E-state index is 13.9. The van der Waals surface area contributed by atoms with Gasteiger partial charge in [-0.15, -0.1) is 0 Å². The average molecular weight is 514 g/mol. The van der Waals surface area contributed by atoms with E-state index >= 15 is 0 Å². The number of hydrogen-bond donors (Lipinski definition) is 0. The topological polar surface area (TPSA) is 28.2 Å². The van der Waals surface area contributed by atoms with E-state index in [1.54, 1.807) is 7.11 Å². The Morgan fingerprint density at radius 1 is 0.722 bits per heavy atom. The molecule has 36 heavy (non-hydrogen) atoms. The number of rotatable bonds is 9. The summed E-state index contributed by atoms with van der Waals surface area (Å²) < 4.78 is 78.4. The number of halogens is 5. The van der Waals surface area contributed by atoms with Crippen molar-refractivity contribution in [2.24, 2.45) is 0 Å². The van der Waals surface area contributed by atoms with Crippen molar-refractivity contribution in [2.75, 3.05) is 64.4 Å². The van der Waals surface area contributed by atoms with E-state index < -0.39 is 40.9 Å². The van der Waals surface area contributed by atoms with E-state index in [2.05, 4.69) is 20.8 Å². The third-order valence-electron chi connectivity index (χ3n) is 6.99. The Balaban J connectivity index is 1.14. The van der Waals surface area contributed by atoms with Gasteiger partial charge in [0.1, 0.15) is 11.9 Å². The Morgan fingerprint density at radius 3 is 1.83 bits per heavy atom. The van der Waals surface area contributed by atoms with Gasteiger partial charge in [0.05, 0.1) is 12.8 Å². The first kappa shape index (κ1) is 26.5. The summed E-state index contributed by atoms with van der Waals surface area (Å²) in [4.78, 5) is 7.07. The van der Waals surface area contributed by atoms with Crippen LogP contribution in [0.1, 0.15) is 25.7 Å². The van der Waals surface area contributed by atoms with Crippen molar-refractivity contribution in [3.63, 3.8) is 0 Å².